The lowest BCUT2D eigenvalue weighted by molar-refractivity contribution is -0.127. The lowest BCUT2D eigenvalue weighted by atomic mass is 10.1. The highest BCUT2D eigenvalue weighted by Crippen LogP contribution is 2.19. The van der Waals surface area contributed by atoms with Crippen LogP contribution in [0.3, 0.4) is 0 Å². The molecule has 3 rings (SSSR count). The number of rotatable bonds is 5. The SMILES string of the molecule is COc1ccc(C=CC(=O)N2CCN(Cc3c(C)noc3C)CC2)cc1F. The van der Waals surface area contributed by atoms with Gasteiger partial charge in [0.05, 0.1) is 12.8 Å². The van der Waals surface area contributed by atoms with Gasteiger partial charge in [0.1, 0.15) is 5.76 Å². The predicted octanol–water partition coefficient (Wildman–Crippen LogP) is 2.80. The fourth-order valence-electron chi connectivity index (χ4n) is 3.14. The zero-order valence-electron chi connectivity index (χ0n) is 15.9. The number of aromatic nitrogens is 1. The lowest BCUT2D eigenvalue weighted by Crippen LogP contribution is -2.47. The summed E-state index contributed by atoms with van der Waals surface area (Å²) in [6, 6.07) is 4.62. The Morgan fingerprint density at radius 2 is 2.04 bits per heavy atom. The van der Waals surface area contributed by atoms with Crippen LogP contribution in [0.15, 0.2) is 28.8 Å². The number of nitrogens with zero attached hydrogens (tertiary/aromatic N) is 3. The molecular formula is C20H24FN3O3. The van der Waals surface area contributed by atoms with E-state index < -0.39 is 5.82 Å². The Morgan fingerprint density at radius 1 is 1.30 bits per heavy atom. The highest BCUT2D eigenvalue weighted by Gasteiger charge is 2.21. The summed E-state index contributed by atoms with van der Waals surface area (Å²) >= 11 is 0. The average molecular weight is 373 g/mol. The topological polar surface area (TPSA) is 58.8 Å². The van der Waals surface area contributed by atoms with Crippen molar-refractivity contribution in [2.75, 3.05) is 33.3 Å². The van der Waals surface area contributed by atoms with E-state index in [4.69, 9.17) is 9.26 Å². The summed E-state index contributed by atoms with van der Waals surface area (Å²) in [7, 11) is 1.42. The molecule has 0 N–H and O–H groups in total. The van der Waals surface area contributed by atoms with Crippen molar-refractivity contribution in [3.63, 3.8) is 0 Å². The number of ether oxygens (including phenoxy) is 1. The van der Waals surface area contributed by atoms with Gasteiger partial charge in [-0.2, -0.15) is 0 Å². The Bertz CT molecular complexity index is 819. The number of carbonyl (C=O) groups excluding carboxylic acids is 1. The van der Waals surface area contributed by atoms with Crippen molar-refractivity contribution in [1.29, 1.82) is 0 Å². The molecule has 1 amide bonds. The van der Waals surface area contributed by atoms with E-state index in [2.05, 4.69) is 10.1 Å². The molecule has 0 unspecified atom stereocenters. The van der Waals surface area contributed by atoms with Gasteiger partial charge in [-0.25, -0.2) is 4.39 Å². The molecule has 2 heterocycles. The zero-order valence-corrected chi connectivity index (χ0v) is 15.9. The minimum Gasteiger partial charge on any atom is -0.494 e. The molecule has 1 fully saturated rings. The van der Waals surface area contributed by atoms with E-state index >= 15 is 0 Å². The van der Waals surface area contributed by atoms with E-state index in [0.717, 1.165) is 36.7 Å². The summed E-state index contributed by atoms with van der Waals surface area (Å²) in [5.41, 5.74) is 2.66. The van der Waals surface area contributed by atoms with Gasteiger partial charge in [0, 0.05) is 44.4 Å². The quantitative estimate of drug-likeness (QED) is 0.755. The third kappa shape index (κ3) is 4.54. The van der Waals surface area contributed by atoms with Gasteiger partial charge in [-0.05, 0) is 37.6 Å². The monoisotopic (exact) mass is 373 g/mol. The number of piperazine rings is 1. The van der Waals surface area contributed by atoms with Gasteiger partial charge in [0.25, 0.3) is 0 Å². The number of aryl methyl sites for hydroxylation is 2. The third-order valence-corrected chi connectivity index (χ3v) is 4.84. The zero-order chi connectivity index (χ0) is 19.4. The smallest absolute Gasteiger partial charge is 0.246 e. The van der Waals surface area contributed by atoms with Crippen molar-refractivity contribution in [1.82, 2.24) is 15.0 Å². The van der Waals surface area contributed by atoms with E-state index in [1.165, 1.54) is 19.3 Å². The largest absolute Gasteiger partial charge is 0.494 e. The number of hydrogen-bond donors (Lipinski definition) is 0. The number of methoxy groups -OCH3 is 1. The number of hydrogen-bond acceptors (Lipinski definition) is 5. The Morgan fingerprint density at radius 3 is 2.63 bits per heavy atom. The Labute approximate surface area is 158 Å². The summed E-state index contributed by atoms with van der Waals surface area (Å²) < 4.78 is 23.8. The average Bonchev–Trinajstić information content (AvgIpc) is 2.99. The number of benzene rings is 1. The fourth-order valence-corrected chi connectivity index (χ4v) is 3.14. The first-order valence-corrected chi connectivity index (χ1v) is 8.92. The molecule has 1 aliphatic rings. The molecule has 0 spiro atoms. The van der Waals surface area contributed by atoms with E-state index in [1.54, 1.807) is 23.1 Å². The molecule has 0 radical (unpaired) electrons. The summed E-state index contributed by atoms with van der Waals surface area (Å²) in [6.07, 6.45) is 3.12. The Hall–Kier alpha value is -2.67. The maximum atomic E-state index is 13.7. The molecule has 0 aliphatic carbocycles. The van der Waals surface area contributed by atoms with Crippen LogP contribution in [0.4, 0.5) is 4.39 Å². The molecule has 2 aromatic rings. The van der Waals surface area contributed by atoms with Gasteiger partial charge >= 0.3 is 0 Å². The molecule has 0 atom stereocenters. The van der Waals surface area contributed by atoms with E-state index in [0.29, 0.717) is 18.7 Å². The molecule has 7 heteroatoms. The van der Waals surface area contributed by atoms with Gasteiger partial charge in [0.2, 0.25) is 5.91 Å². The van der Waals surface area contributed by atoms with Gasteiger partial charge in [-0.1, -0.05) is 11.2 Å². The molecule has 1 aromatic heterocycles. The van der Waals surface area contributed by atoms with Crippen molar-refractivity contribution in [2.24, 2.45) is 0 Å². The number of carbonyl (C=O) groups is 1. The first kappa shape index (κ1) is 19.1. The van der Waals surface area contributed by atoms with E-state index in [1.807, 2.05) is 13.8 Å². The van der Waals surface area contributed by atoms with Crippen molar-refractivity contribution < 1.29 is 18.4 Å². The first-order chi connectivity index (χ1) is 13.0. The van der Waals surface area contributed by atoms with Crippen LogP contribution < -0.4 is 4.74 Å². The van der Waals surface area contributed by atoms with Gasteiger partial charge in [0.15, 0.2) is 11.6 Å². The minimum atomic E-state index is -0.444. The Balaban J connectivity index is 1.53. The van der Waals surface area contributed by atoms with Gasteiger partial charge in [-0.3, -0.25) is 9.69 Å². The predicted molar refractivity (Wildman–Crippen MR) is 99.8 cm³/mol. The summed E-state index contributed by atoms with van der Waals surface area (Å²) in [5.74, 6) is 0.525. The molecule has 6 nitrogen and oxygen atoms in total. The number of amides is 1. The van der Waals surface area contributed by atoms with Gasteiger partial charge in [-0.15, -0.1) is 0 Å². The molecule has 144 valence electrons. The summed E-state index contributed by atoms with van der Waals surface area (Å²) in [5, 5.41) is 3.99. The minimum absolute atomic E-state index is 0.0665. The summed E-state index contributed by atoms with van der Waals surface area (Å²) in [4.78, 5) is 16.5. The van der Waals surface area contributed by atoms with Gasteiger partial charge < -0.3 is 14.2 Å². The van der Waals surface area contributed by atoms with Crippen molar-refractivity contribution in [3.05, 3.63) is 52.7 Å². The van der Waals surface area contributed by atoms with Crippen LogP contribution in [0.2, 0.25) is 0 Å². The molecule has 1 aliphatic heterocycles. The second-order valence-corrected chi connectivity index (χ2v) is 6.63. The molecular weight excluding hydrogens is 349 g/mol. The normalized spacial score (nSPS) is 15.5. The molecule has 1 saturated heterocycles. The molecule has 1 aromatic carbocycles. The van der Waals surface area contributed by atoms with E-state index in [9.17, 15) is 9.18 Å². The first-order valence-electron chi connectivity index (χ1n) is 8.92. The standard InChI is InChI=1S/C20H24FN3O3/c1-14-17(15(2)27-22-14)13-23-8-10-24(11-9-23)20(25)7-5-16-4-6-19(26-3)18(21)12-16/h4-7,12H,8-11,13H2,1-3H3. The molecule has 27 heavy (non-hydrogen) atoms. The van der Waals surface area contributed by atoms with Crippen LogP contribution >= 0.6 is 0 Å². The van der Waals surface area contributed by atoms with E-state index in [-0.39, 0.29) is 11.7 Å². The van der Waals surface area contributed by atoms with Crippen LogP contribution in [0, 0.1) is 19.7 Å². The fraction of sp³-hybridized carbons (Fsp3) is 0.400. The van der Waals surface area contributed by atoms with Crippen molar-refractivity contribution in [3.8, 4) is 5.75 Å². The third-order valence-electron chi connectivity index (χ3n) is 4.84. The second kappa shape index (κ2) is 8.35. The maximum absolute atomic E-state index is 13.7. The van der Waals surface area contributed by atoms with Crippen LogP contribution in [-0.2, 0) is 11.3 Å². The maximum Gasteiger partial charge on any atom is 0.246 e. The van der Waals surface area contributed by atoms with Crippen molar-refractivity contribution >= 4 is 12.0 Å². The number of halogens is 1. The second-order valence-electron chi connectivity index (χ2n) is 6.63. The lowest BCUT2D eigenvalue weighted by Gasteiger charge is -2.34. The van der Waals surface area contributed by atoms with Crippen LogP contribution in [0.5, 0.6) is 5.75 Å². The highest BCUT2D eigenvalue weighted by molar-refractivity contribution is 5.91. The van der Waals surface area contributed by atoms with Crippen LogP contribution in [-0.4, -0.2) is 54.2 Å². The van der Waals surface area contributed by atoms with Crippen LogP contribution in [0.1, 0.15) is 22.6 Å². The van der Waals surface area contributed by atoms with Crippen LogP contribution in [0.25, 0.3) is 6.08 Å². The highest BCUT2D eigenvalue weighted by atomic mass is 19.1. The molecule has 0 saturated carbocycles. The summed E-state index contributed by atoms with van der Waals surface area (Å²) in [6.45, 7) is 7.54. The molecule has 0 bridgehead atoms. The van der Waals surface area contributed by atoms with Crippen molar-refractivity contribution in [2.45, 2.75) is 20.4 Å². The Kier molecular flexibility index (Phi) is 5.91.